The number of aryl methyl sites for hydroxylation is 1. The molecule has 34 heavy (non-hydrogen) atoms. The number of aliphatic hydroxyl groups excluding tert-OH is 1. The van der Waals surface area contributed by atoms with Crippen molar-refractivity contribution < 1.29 is 28.6 Å². The minimum absolute atomic E-state index is 0.0224. The highest BCUT2D eigenvalue weighted by Crippen LogP contribution is 2.41. The Balaban J connectivity index is 2.08. The zero-order valence-electron chi connectivity index (χ0n) is 21.1. The summed E-state index contributed by atoms with van der Waals surface area (Å²) in [6, 6.07) is 7.97. The first-order valence-electron chi connectivity index (χ1n) is 11.6. The van der Waals surface area contributed by atoms with Crippen molar-refractivity contribution in [2.45, 2.75) is 65.5 Å². The van der Waals surface area contributed by atoms with Gasteiger partial charge in [0.1, 0.15) is 29.1 Å². The summed E-state index contributed by atoms with van der Waals surface area (Å²) in [4.78, 5) is 27.6. The number of carbonyl (C=O) groups excluding carboxylic acids is 2. The summed E-state index contributed by atoms with van der Waals surface area (Å²) in [5, 5.41) is 11.3. The zero-order valence-corrected chi connectivity index (χ0v) is 21.1. The molecule has 1 fully saturated rings. The van der Waals surface area contributed by atoms with Crippen molar-refractivity contribution in [1.82, 2.24) is 4.90 Å². The van der Waals surface area contributed by atoms with Crippen LogP contribution in [0, 0.1) is 6.92 Å². The molecule has 1 saturated heterocycles. The quantitative estimate of drug-likeness (QED) is 0.249. The molecular weight excluding hydrogens is 434 g/mol. The van der Waals surface area contributed by atoms with Gasteiger partial charge in [-0.1, -0.05) is 20.8 Å². The number of carbonyl (C=O) groups is 2. The Kier molecular flexibility index (Phi) is 7.56. The monoisotopic (exact) mass is 469 g/mol. The molecule has 3 rings (SSSR count). The van der Waals surface area contributed by atoms with E-state index in [4.69, 9.17) is 13.9 Å². The van der Waals surface area contributed by atoms with Crippen LogP contribution in [-0.2, 0) is 19.7 Å². The van der Waals surface area contributed by atoms with Gasteiger partial charge in [0, 0.05) is 24.3 Å². The third-order valence-electron chi connectivity index (χ3n) is 5.85. The van der Waals surface area contributed by atoms with Gasteiger partial charge in [0.05, 0.1) is 18.8 Å². The molecule has 0 bridgehead atoms. The molecule has 0 saturated carbocycles. The SMILES string of the molecule is COc1ccc(/C(O)=C2/C(=O)C(=O)N(CCCOC(C)C)C2c2ccc(C)o2)cc1C(C)(C)C. The van der Waals surface area contributed by atoms with Gasteiger partial charge in [0.15, 0.2) is 0 Å². The van der Waals surface area contributed by atoms with Crippen molar-refractivity contribution >= 4 is 17.4 Å². The molecule has 2 heterocycles. The number of nitrogens with zero attached hydrogens (tertiary/aromatic N) is 1. The number of hydrogen-bond acceptors (Lipinski definition) is 6. The van der Waals surface area contributed by atoms with Gasteiger partial charge in [-0.3, -0.25) is 9.59 Å². The van der Waals surface area contributed by atoms with E-state index in [0.29, 0.717) is 42.4 Å². The summed E-state index contributed by atoms with van der Waals surface area (Å²) >= 11 is 0. The molecule has 7 nitrogen and oxygen atoms in total. The summed E-state index contributed by atoms with van der Waals surface area (Å²) in [6.07, 6.45) is 0.629. The Labute approximate surface area is 201 Å². The molecule has 0 radical (unpaired) electrons. The van der Waals surface area contributed by atoms with E-state index in [1.807, 2.05) is 40.7 Å². The van der Waals surface area contributed by atoms with E-state index in [2.05, 4.69) is 0 Å². The van der Waals surface area contributed by atoms with Gasteiger partial charge in [-0.2, -0.15) is 0 Å². The second-order valence-corrected chi connectivity index (χ2v) is 9.88. The molecule has 1 aliphatic heterocycles. The number of furan rings is 1. The first-order valence-corrected chi connectivity index (χ1v) is 11.6. The van der Waals surface area contributed by atoms with Crippen LogP contribution < -0.4 is 4.74 Å². The van der Waals surface area contributed by atoms with E-state index in [1.54, 1.807) is 38.3 Å². The van der Waals surface area contributed by atoms with Crippen LogP contribution in [-0.4, -0.2) is 48.1 Å². The van der Waals surface area contributed by atoms with Crippen LogP contribution in [0.15, 0.2) is 40.3 Å². The second-order valence-electron chi connectivity index (χ2n) is 9.88. The Morgan fingerprint density at radius 2 is 1.88 bits per heavy atom. The third-order valence-corrected chi connectivity index (χ3v) is 5.85. The number of rotatable bonds is 8. The van der Waals surface area contributed by atoms with Crippen molar-refractivity contribution in [2.75, 3.05) is 20.3 Å². The normalized spacial score (nSPS) is 18.2. The molecule has 2 aromatic rings. The van der Waals surface area contributed by atoms with Crippen LogP contribution >= 0.6 is 0 Å². The van der Waals surface area contributed by atoms with Crippen molar-refractivity contribution in [3.05, 3.63) is 58.6 Å². The summed E-state index contributed by atoms with van der Waals surface area (Å²) < 4.78 is 16.9. The molecular formula is C27H35NO6. The molecule has 0 aliphatic carbocycles. The molecule has 184 valence electrons. The van der Waals surface area contributed by atoms with Crippen LogP contribution in [0.25, 0.3) is 5.76 Å². The van der Waals surface area contributed by atoms with E-state index in [9.17, 15) is 14.7 Å². The Hall–Kier alpha value is -3.06. The smallest absolute Gasteiger partial charge is 0.295 e. The lowest BCUT2D eigenvalue weighted by Crippen LogP contribution is -2.31. The Morgan fingerprint density at radius 1 is 1.18 bits per heavy atom. The first kappa shape index (κ1) is 25.6. The highest BCUT2D eigenvalue weighted by molar-refractivity contribution is 6.46. The number of Topliss-reactive ketones (excluding diaryl/α,β-unsaturated/α-hetero) is 1. The minimum atomic E-state index is -0.812. The lowest BCUT2D eigenvalue weighted by Gasteiger charge is -2.24. The summed E-state index contributed by atoms with van der Waals surface area (Å²) in [5.41, 5.74) is 1.08. The largest absolute Gasteiger partial charge is 0.507 e. The number of benzene rings is 1. The van der Waals surface area contributed by atoms with Crippen molar-refractivity contribution in [3.63, 3.8) is 0 Å². The van der Waals surface area contributed by atoms with Crippen LogP contribution in [0.3, 0.4) is 0 Å². The average Bonchev–Trinajstić information content (AvgIpc) is 3.30. The average molecular weight is 470 g/mol. The standard InChI is InChI=1S/C27H35NO6/c1-16(2)33-14-8-13-28-23(21-11-9-17(3)34-21)22(25(30)26(28)31)24(29)18-10-12-20(32-7)19(15-18)27(4,5)6/h9-12,15-16,23,29H,8,13-14H2,1-7H3/b24-22-. The summed E-state index contributed by atoms with van der Waals surface area (Å²) in [6.45, 7) is 12.6. The van der Waals surface area contributed by atoms with Gasteiger partial charge in [0.2, 0.25) is 0 Å². The number of ether oxygens (including phenoxy) is 2. The Bertz CT molecular complexity index is 1090. The van der Waals surface area contributed by atoms with E-state index in [1.165, 1.54) is 4.90 Å². The van der Waals surface area contributed by atoms with Gasteiger partial charge in [-0.05, 0) is 62.9 Å². The van der Waals surface area contributed by atoms with Gasteiger partial charge in [-0.15, -0.1) is 0 Å². The van der Waals surface area contributed by atoms with Crippen LogP contribution in [0.2, 0.25) is 0 Å². The fourth-order valence-electron chi connectivity index (χ4n) is 4.16. The molecule has 1 N–H and O–H groups in total. The number of hydrogen-bond donors (Lipinski definition) is 1. The van der Waals surface area contributed by atoms with Crippen LogP contribution in [0.1, 0.15) is 69.7 Å². The Morgan fingerprint density at radius 3 is 2.44 bits per heavy atom. The molecule has 1 aromatic carbocycles. The number of amides is 1. The van der Waals surface area contributed by atoms with E-state index < -0.39 is 17.7 Å². The predicted octanol–water partition coefficient (Wildman–Crippen LogP) is 5.13. The third kappa shape index (κ3) is 5.20. The van der Waals surface area contributed by atoms with Crippen LogP contribution in [0.5, 0.6) is 5.75 Å². The second kappa shape index (κ2) is 10.1. The van der Waals surface area contributed by atoms with Gasteiger partial charge >= 0.3 is 0 Å². The highest BCUT2D eigenvalue weighted by atomic mass is 16.5. The molecule has 1 aliphatic rings. The lowest BCUT2D eigenvalue weighted by molar-refractivity contribution is -0.140. The molecule has 1 atom stereocenters. The summed E-state index contributed by atoms with van der Waals surface area (Å²) in [5.74, 6) is 0.166. The summed E-state index contributed by atoms with van der Waals surface area (Å²) in [7, 11) is 1.60. The maximum atomic E-state index is 13.2. The van der Waals surface area contributed by atoms with Gasteiger partial charge in [0.25, 0.3) is 11.7 Å². The first-order chi connectivity index (χ1) is 16.0. The molecule has 1 amide bonds. The molecule has 7 heteroatoms. The minimum Gasteiger partial charge on any atom is -0.507 e. The maximum Gasteiger partial charge on any atom is 0.295 e. The van der Waals surface area contributed by atoms with Gasteiger partial charge < -0.3 is 23.9 Å². The van der Waals surface area contributed by atoms with E-state index in [-0.39, 0.29) is 22.9 Å². The van der Waals surface area contributed by atoms with Crippen molar-refractivity contribution in [1.29, 1.82) is 0 Å². The number of likely N-dealkylation sites (tertiary alicyclic amines) is 1. The molecule has 1 unspecified atom stereocenters. The number of aliphatic hydroxyl groups is 1. The van der Waals surface area contributed by atoms with Crippen LogP contribution in [0.4, 0.5) is 0 Å². The highest BCUT2D eigenvalue weighted by Gasteiger charge is 2.47. The maximum absolute atomic E-state index is 13.2. The fraction of sp³-hybridized carbons (Fsp3) is 0.481. The van der Waals surface area contributed by atoms with Gasteiger partial charge in [-0.25, -0.2) is 0 Å². The zero-order chi connectivity index (χ0) is 25.2. The van der Waals surface area contributed by atoms with E-state index >= 15 is 0 Å². The van der Waals surface area contributed by atoms with Crippen molar-refractivity contribution in [3.8, 4) is 5.75 Å². The molecule has 0 spiro atoms. The predicted molar refractivity (Wildman–Crippen MR) is 130 cm³/mol. The number of ketones is 1. The topological polar surface area (TPSA) is 89.2 Å². The fourth-order valence-corrected chi connectivity index (χ4v) is 4.16. The number of methoxy groups -OCH3 is 1. The lowest BCUT2D eigenvalue weighted by atomic mass is 9.84. The molecule has 1 aromatic heterocycles. The van der Waals surface area contributed by atoms with E-state index in [0.717, 1.165) is 5.56 Å². The van der Waals surface area contributed by atoms with Crippen molar-refractivity contribution in [2.24, 2.45) is 0 Å².